The summed E-state index contributed by atoms with van der Waals surface area (Å²) in [5.74, 6) is 0.834. The maximum Gasteiger partial charge on any atom is 0.226 e. The lowest BCUT2D eigenvalue weighted by Gasteiger charge is -2.38. The normalized spacial score (nSPS) is 29.2. The van der Waals surface area contributed by atoms with Gasteiger partial charge in [0.1, 0.15) is 0 Å². The second-order valence-corrected chi connectivity index (χ2v) is 11.4. The van der Waals surface area contributed by atoms with E-state index in [1.165, 1.54) is 38.5 Å². The molecule has 2 aliphatic rings. The third kappa shape index (κ3) is 4.59. The SMILES string of the molecule is CC1C(=O)N(C2CCCCCC2)CC1C(O[SiH](C)C)C(C)(C)C. The minimum atomic E-state index is -1.12. The molecule has 1 amide bonds. The maximum atomic E-state index is 12.9. The van der Waals surface area contributed by atoms with Crippen molar-refractivity contribution in [2.75, 3.05) is 6.54 Å². The van der Waals surface area contributed by atoms with E-state index in [0.717, 1.165) is 6.54 Å². The van der Waals surface area contributed by atoms with Crippen LogP contribution >= 0.6 is 0 Å². The molecule has 0 spiro atoms. The minimum Gasteiger partial charge on any atom is -0.417 e. The fourth-order valence-corrected chi connectivity index (χ4v) is 5.61. The van der Waals surface area contributed by atoms with Gasteiger partial charge in [-0.05, 0) is 31.4 Å². The highest BCUT2D eigenvalue weighted by Gasteiger charge is 2.47. The van der Waals surface area contributed by atoms with Crippen LogP contribution in [0.5, 0.6) is 0 Å². The third-order valence-corrected chi connectivity index (χ3v) is 6.49. The van der Waals surface area contributed by atoms with Crippen molar-refractivity contribution in [3.63, 3.8) is 0 Å². The summed E-state index contributed by atoms with van der Waals surface area (Å²) >= 11 is 0. The van der Waals surface area contributed by atoms with Crippen LogP contribution in [-0.4, -0.2) is 38.5 Å². The Hall–Kier alpha value is -0.353. The topological polar surface area (TPSA) is 29.5 Å². The van der Waals surface area contributed by atoms with E-state index in [9.17, 15) is 4.79 Å². The van der Waals surface area contributed by atoms with Crippen molar-refractivity contribution >= 4 is 14.9 Å². The van der Waals surface area contributed by atoms with Crippen molar-refractivity contribution in [2.45, 2.75) is 91.5 Å². The van der Waals surface area contributed by atoms with Gasteiger partial charge in [-0.3, -0.25) is 4.79 Å². The van der Waals surface area contributed by atoms with Gasteiger partial charge in [-0.15, -0.1) is 0 Å². The molecular weight excluding hydrogens is 302 g/mol. The molecule has 3 atom stereocenters. The lowest BCUT2D eigenvalue weighted by atomic mass is 9.77. The number of carbonyl (C=O) groups excluding carboxylic acids is 1. The zero-order chi connectivity index (χ0) is 17.2. The molecule has 23 heavy (non-hydrogen) atoms. The summed E-state index contributed by atoms with van der Waals surface area (Å²) in [7, 11) is -1.12. The summed E-state index contributed by atoms with van der Waals surface area (Å²) in [6.07, 6.45) is 7.84. The number of likely N-dealkylation sites (tertiary alicyclic amines) is 1. The Morgan fingerprint density at radius 1 is 1.13 bits per heavy atom. The van der Waals surface area contributed by atoms with Crippen LogP contribution in [0, 0.1) is 17.3 Å². The number of hydrogen-bond acceptors (Lipinski definition) is 2. The summed E-state index contributed by atoms with van der Waals surface area (Å²) in [5, 5.41) is 0. The van der Waals surface area contributed by atoms with Gasteiger partial charge in [0.15, 0.2) is 9.04 Å². The highest BCUT2D eigenvalue weighted by atomic mass is 28.3. The third-order valence-electron chi connectivity index (χ3n) is 5.65. The molecular formula is C19H37NO2Si. The fraction of sp³-hybridized carbons (Fsp3) is 0.947. The van der Waals surface area contributed by atoms with Gasteiger partial charge in [-0.25, -0.2) is 0 Å². The van der Waals surface area contributed by atoms with Gasteiger partial charge >= 0.3 is 0 Å². The molecule has 4 heteroatoms. The van der Waals surface area contributed by atoms with E-state index in [2.05, 4.69) is 45.7 Å². The zero-order valence-corrected chi connectivity index (χ0v) is 17.3. The van der Waals surface area contributed by atoms with E-state index < -0.39 is 9.04 Å². The van der Waals surface area contributed by atoms with Crippen LogP contribution < -0.4 is 0 Å². The summed E-state index contributed by atoms with van der Waals surface area (Å²) in [5.41, 5.74) is 0.0932. The largest absolute Gasteiger partial charge is 0.417 e. The Balaban J connectivity index is 2.14. The van der Waals surface area contributed by atoms with Gasteiger partial charge in [-0.2, -0.15) is 0 Å². The van der Waals surface area contributed by atoms with Crippen LogP contribution in [0.1, 0.15) is 66.2 Å². The van der Waals surface area contributed by atoms with Crippen molar-refractivity contribution in [3.8, 4) is 0 Å². The molecule has 1 aliphatic heterocycles. The first-order valence-corrected chi connectivity index (χ1v) is 12.5. The lowest BCUT2D eigenvalue weighted by molar-refractivity contribution is -0.133. The van der Waals surface area contributed by atoms with Gasteiger partial charge < -0.3 is 9.33 Å². The Kier molecular flexibility index (Phi) is 6.34. The van der Waals surface area contributed by atoms with Gasteiger partial charge in [-0.1, -0.05) is 53.4 Å². The molecule has 1 saturated heterocycles. The number of nitrogens with zero attached hydrogens (tertiary/aromatic N) is 1. The van der Waals surface area contributed by atoms with Crippen LogP contribution in [0.3, 0.4) is 0 Å². The molecule has 1 aliphatic carbocycles. The molecule has 0 aromatic carbocycles. The first kappa shape index (κ1) is 19.0. The van der Waals surface area contributed by atoms with Crippen molar-refractivity contribution in [3.05, 3.63) is 0 Å². The molecule has 2 rings (SSSR count). The van der Waals surface area contributed by atoms with Gasteiger partial charge in [0.25, 0.3) is 0 Å². The number of hydrogen-bond donors (Lipinski definition) is 0. The van der Waals surface area contributed by atoms with E-state index >= 15 is 0 Å². The molecule has 2 fully saturated rings. The molecule has 0 N–H and O–H groups in total. The first-order chi connectivity index (χ1) is 10.7. The van der Waals surface area contributed by atoms with E-state index in [4.69, 9.17) is 4.43 Å². The van der Waals surface area contributed by atoms with Gasteiger partial charge in [0.2, 0.25) is 5.91 Å². The summed E-state index contributed by atoms with van der Waals surface area (Å²) in [4.78, 5) is 15.2. The van der Waals surface area contributed by atoms with Crippen molar-refractivity contribution < 1.29 is 9.22 Å². The molecule has 3 nitrogen and oxygen atoms in total. The monoisotopic (exact) mass is 339 g/mol. The second kappa shape index (κ2) is 7.69. The summed E-state index contributed by atoms with van der Waals surface area (Å²) < 4.78 is 6.44. The highest BCUT2D eigenvalue weighted by molar-refractivity contribution is 6.48. The molecule has 1 heterocycles. The van der Waals surface area contributed by atoms with Crippen LogP contribution in [0.2, 0.25) is 13.1 Å². The van der Waals surface area contributed by atoms with Crippen molar-refractivity contribution in [1.29, 1.82) is 0 Å². The molecule has 1 saturated carbocycles. The van der Waals surface area contributed by atoms with Crippen LogP contribution in [0.4, 0.5) is 0 Å². The Morgan fingerprint density at radius 3 is 2.17 bits per heavy atom. The summed E-state index contributed by atoms with van der Waals surface area (Å²) in [6.45, 7) is 14.3. The highest BCUT2D eigenvalue weighted by Crippen LogP contribution is 2.39. The molecule has 0 aromatic heterocycles. The minimum absolute atomic E-state index is 0.0932. The first-order valence-electron chi connectivity index (χ1n) is 9.67. The molecule has 0 aromatic rings. The average Bonchev–Trinajstić information content (AvgIpc) is 2.67. The van der Waals surface area contributed by atoms with Gasteiger partial charge in [0.05, 0.1) is 6.10 Å². The second-order valence-electron chi connectivity index (χ2n) is 9.06. The number of amides is 1. The Morgan fingerprint density at radius 2 is 1.70 bits per heavy atom. The quantitative estimate of drug-likeness (QED) is 0.567. The van der Waals surface area contributed by atoms with Crippen LogP contribution in [-0.2, 0) is 9.22 Å². The van der Waals surface area contributed by atoms with E-state index in [0.29, 0.717) is 17.9 Å². The standard InChI is InChI=1S/C19H37NO2Si/c1-14-16(17(19(2,3)4)22-23(5)6)13-20(18(14)21)15-11-9-7-8-10-12-15/h14-17,23H,7-13H2,1-6H3. The van der Waals surface area contributed by atoms with Crippen LogP contribution in [0.15, 0.2) is 0 Å². The van der Waals surface area contributed by atoms with Crippen molar-refractivity contribution in [2.24, 2.45) is 17.3 Å². The fourth-order valence-electron chi connectivity index (χ4n) is 4.42. The number of rotatable bonds is 4. The van der Waals surface area contributed by atoms with E-state index in [1.54, 1.807) is 0 Å². The molecule has 0 bridgehead atoms. The number of carbonyl (C=O) groups is 1. The van der Waals surface area contributed by atoms with Crippen LogP contribution in [0.25, 0.3) is 0 Å². The predicted octanol–water partition coefficient (Wildman–Crippen LogP) is 4.22. The predicted molar refractivity (Wildman–Crippen MR) is 99.1 cm³/mol. The van der Waals surface area contributed by atoms with E-state index in [-0.39, 0.29) is 17.4 Å². The average molecular weight is 340 g/mol. The zero-order valence-electron chi connectivity index (χ0n) is 16.1. The molecule has 3 unspecified atom stereocenters. The van der Waals surface area contributed by atoms with E-state index in [1.807, 2.05) is 0 Å². The molecule has 0 radical (unpaired) electrons. The Bertz CT molecular complexity index is 397. The van der Waals surface area contributed by atoms with Crippen molar-refractivity contribution in [1.82, 2.24) is 4.90 Å². The lowest BCUT2D eigenvalue weighted by Crippen LogP contribution is -2.43. The Labute approximate surface area is 144 Å². The smallest absolute Gasteiger partial charge is 0.226 e. The summed E-state index contributed by atoms with van der Waals surface area (Å²) in [6, 6.07) is 0.481. The maximum absolute atomic E-state index is 12.9. The van der Waals surface area contributed by atoms with Gasteiger partial charge in [0, 0.05) is 24.4 Å². The molecule has 134 valence electrons.